The maximum absolute atomic E-state index is 13.1. The fourth-order valence-corrected chi connectivity index (χ4v) is 2.45. The van der Waals surface area contributed by atoms with Gasteiger partial charge < -0.3 is 15.2 Å². The van der Waals surface area contributed by atoms with E-state index < -0.39 is 0 Å². The van der Waals surface area contributed by atoms with Crippen molar-refractivity contribution in [2.24, 2.45) is 0 Å². The minimum Gasteiger partial charge on any atom is -0.398 e. The van der Waals surface area contributed by atoms with Crippen molar-refractivity contribution in [3.63, 3.8) is 0 Å². The highest BCUT2D eigenvalue weighted by Crippen LogP contribution is 2.26. The van der Waals surface area contributed by atoms with Crippen LogP contribution in [-0.2, 0) is 9.47 Å². The van der Waals surface area contributed by atoms with Gasteiger partial charge in [0.25, 0.3) is 0 Å². The lowest BCUT2D eigenvalue weighted by Crippen LogP contribution is -2.18. The van der Waals surface area contributed by atoms with Gasteiger partial charge in [0.05, 0.1) is 0 Å². The first-order valence-corrected chi connectivity index (χ1v) is 7.07. The van der Waals surface area contributed by atoms with Crippen LogP contribution in [-0.4, -0.2) is 25.3 Å². The SMILES string of the molecule is CCOC(CCSc1cc(F)ccc1N)OCC. The average Bonchev–Trinajstić information content (AvgIpc) is 2.34. The van der Waals surface area contributed by atoms with Gasteiger partial charge in [0.15, 0.2) is 6.29 Å². The van der Waals surface area contributed by atoms with Gasteiger partial charge in [-0.1, -0.05) is 0 Å². The Labute approximate surface area is 112 Å². The second-order valence-electron chi connectivity index (χ2n) is 3.66. The van der Waals surface area contributed by atoms with Gasteiger partial charge in [-0.3, -0.25) is 0 Å². The Balaban J connectivity index is 2.41. The van der Waals surface area contributed by atoms with Crippen molar-refractivity contribution in [3.8, 4) is 0 Å². The van der Waals surface area contributed by atoms with Crippen LogP contribution in [0.5, 0.6) is 0 Å². The number of halogens is 1. The summed E-state index contributed by atoms with van der Waals surface area (Å²) in [5, 5.41) is 0. The zero-order valence-electron chi connectivity index (χ0n) is 10.8. The molecular formula is C13H20FNO2S. The number of benzene rings is 1. The van der Waals surface area contributed by atoms with Crippen molar-refractivity contribution < 1.29 is 13.9 Å². The third kappa shape index (κ3) is 5.25. The maximum atomic E-state index is 13.1. The van der Waals surface area contributed by atoms with Crippen LogP contribution >= 0.6 is 11.8 Å². The van der Waals surface area contributed by atoms with Crippen molar-refractivity contribution in [1.82, 2.24) is 0 Å². The molecule has 0 bridgehead atoms. The molecule has 0 aliphatic rings. The molecule has 0 atom stereocenters. The van der Waals surface area contributed by atoms with Crippen LogP contribution in [0.1, 0.15) is 20.3 Å². The Kier molecular flexibility index (Phi) is 7.08. The van der Waals surface area contributed by atoms with Crippen LogP contribution < -0.4 is 5.73 Å². The molecule has 0 heterocycles. The zero-order valence-corrected chi connectivity index (χ0v) is 11.6. The number of rotatable bonds is 8. The number of thioether (sulfide) groups is 1. The van der Waals surface area contributed by atoms with Crippen LogP contribution in [0.25, 0.3) is 0 Å². The monoisotopic (exact) mass is 273 g/mol. The highest BCUT2D eigenvalue weighted by molar-refractivity contribution is 7.99. The van der Waals surface area contributed by atoms with E-state index >= 15 is 0 Å². The van der Waals surface area contributed by atoms with Gasteiger partial charge in [0, 0.05) is 36.0 Å². The van der Waals surface area contributed by atoms with Crippen LogP contribution in [0, 0.1) is 5.82 Å². The molecule has 0 aliphatic heterocycles. The Hall–Kier alpha value is -0.780. The molecule has 1 rings (SSSR count). The number of nitrogens with two attached hydrogens (primary N) is 1. The lowest BCUT2D eigenvalue weighted by molar-refractivity contribution is -0.136. The summed E-state index contributed by atoms with van der Waals surface area (Å²) in [4.78, 5) is 0.766. The van der Waals surface area contributed by atoms with Crippen molar-refractivity contribution in [1.29, 1.82) is 0 Å². The summed E-state index contributed by atoms with van der Waals surface area (Å²) in [6.07, 6.45) is 0.560. The summed E-state index contributed by atoms with van der Waals surface area (Å²) in [5.74, 6) is 0.510. The molecule has 0 radical (unpaired) electrons. The highest BCUT2D eigenvalue weighted by atomic mass is 32.2. The number of nitrogen functional groups attached to an aromatic ring is 1. The van der Waals surface area contributed by atoms with Gasteiger partial charge >= 0.3 is 0 Å². The fraction of sp³-hybridized carbons (Fsp3) is 0.538. The van der Waals surface area contributed by atoms with Crippen LogP contribution in [0.15, 0.2) is 23.1 Å². The lowest BCUT2D eigenvalue weighted by Gasteiger charge is -2.16. The molecule has 0 amide bonds. The van der Waals surface area contributed by atoms with E-state index in [1.165, 1.54) is 23.9 Å². The summed E-state index contributed by atoms with van der Waals surface area (Å²) < 4.78 is 23.9. The number of ether oxygens (including phenoxy) is 2. The Morgan fingerprint density at radius 2 is 1.94 bits per heavy atom. The van der Waals surface area contributed by atoms with E-state index in [0.29, 0.717) is 18.9 Å². The van der Waals surface area contributed by atoms with E-state index in [1.54, 1.807) is 6.07 Å². The second kappa shape index (κ2) is 8.34. The van der Waals surface area contributed by atoms with E-state index in [0.717, 1.165) is 17.1 Å². The molecule has 1 aromatic rings. The quantitative estimate of drug-likeness (QED) is 0.448. The third-order valence-corrected chi connectivity index (χ3v) is 3.40. The predicted molar refractivity (Wildman–Crippen MR) is 73.2 cm³/mol. The lowest BCUT2D eigenvalue weighted by atomic mass is 10.3. The minimum atomic E-state index is -0.266. The van der Waals surface area contributed by atoms with Gasteiger partial charge in [-0.2, -0.15) is 0 Å². The fourth-order valence-electron chi connectivity index (χ4n) is 1.48. The minimum absolute atomic E-state index is 0.192. The Bertz CT molecular complexity index is 357. The van der Waals surface area contributed by atoms with E-state index in [-0.39, 0.29) is 12.1 Å². The second-order valence-corrected chi connectivity index (χ2v) is 4.80. The zero-order chi connectivity index (χ0) is 13.4. The molecule has 0 unspecified atom stereocenters. The average molecular weight is 273 g/mol. The number of hydrogen-bond acceptors (Lipinski definition) is 4. The molecule has 3 nitrogen and oxygen atoms in total. The van der Waals surface area contributed by atoms with Crippen LogP contribution in [0.2, 0.25) is 0 Å². The number of hydrogen-bond donors (Lipinski definition) is 1. The molecule has 0 saturated carbocycles. The Morgan fingerprint density at radius 3 is 2.56 bits per heavy atom. The number of anilines is 1. The van der Waals surface area contributed by atoms with E-state index in [9.17, 15) is 4.39 Å². The predicted octanol–water partition coefficient (Wildman–Crippen LogP) is 3.29. The summed E-state index contributed by atoms with van der Waals surface area (Å²) >= 11 is 1.52. The van der Waals surface area contributed by atoms with Crippen molar-refractivity contribution in [3.05, 3.63) is 24.0 Å². The molecule has 2 N–H and O–H groups in total. The van der Waals surface area contributed by atoms with Crippen LogP contribution in [0.4, 0.5) is 10.1 Å². The van der Waals surface area contributed by atoms with Gasteiger partial charge in [0.2, 0.25) is 0 Å². The summed E-state index contributed by atoms with van der Waals surface area (Å²) in [6.45, 7) is 5.11. The molecular weight excluding hydrogens is 253 g/mol. The van der Waals surface area contributed by atoms with Gasteiger partial charge in [-0.25, -0.2) is 4.39 Å². The normalized spacial score (nSPS) is 11.1. The Morgan fingerprint density at radius 1 is 1.28 bits per heavy atom. The van der Waals surface area contributed by atoms with Gasteiger partial charge in [0.1, 0.15) is 5.82 Å². The first-order valence-electron chi connectivity index (χ1n) is 6.08. The molecule has 1 aromatic carbocycles. The summed E-state index contributed by atoms with van der Waals surface area (Å²) in [6, 6.07) is 4.40. The third-order valence-electron chi connectivity index (χ3n) is 2.29. The first kappa shape index (κ1) is 15.3. The highest BCUT2D eigenvalue weighted by Gasteiger charge is 2.09. The topological polar surface area (TPSA) is 44.5 Å². The molecule has 102 valence electrons. The van der Waals surface area contributed by atoms with Gasteiger partial charge in [-0.15, -0.1) is 11.8 Å². The summed E-state index contributed by atoms with van der Waals surface area (Å²) in [7, 11) is 0. The standard InChI is InChI=1S/C13H20FNO2S/c1-3-16-13(17-4-2)7-8-18-12-9-10(14)5-6-11(12)15/h5-6,9,13H,3-4,7-8,15H2,1-2H3. The molecule has 0 fully saturated rings. The van der Waals surface area contributed by atoms with E-state index in [1.807, 2.05) is 13.8 Å². The summed E-state index contributed by atoms with van der Waals surface area (Å²) in [5.41, 5.74) is 6.38. The van der Waals surface area contributed by atoms with Crippen molar-refractivity contribution in [2.45, 2.75) is 31.5 Å². The molecule has 0 aliphatic carbocycles. The molecule has 0 spiro atoms. The van der Waals surface area contributed by atoms with Crippen LogP contribution in [0.3, 0.4) is 0 Å². The molecule has 5 heteroatoms. The largest absolute Gasteiger partial charge is 0.398 e. The first-order chi connectivity index (χ1) is 8.67. The molecule has 0 aromatic heterocycles. The smallest absolute Gasteiger partial charge is 0.158 e. The molecule has 0 saturated heterocycles. The van der Waals surface area contributed by atoms with E-state index in [4.69, 9.17) is 15.2 Å². The molecule has 18 heavy (non-hydrogen) atoms. The van der Waals surface area contributed by atoms with Crippen molar-refractivity contribution >= 4 is 17.4 Å². The van der Waals surface area contributed by atoms with Gasteiger partial charge in [-0.05, 0) is 32.0 Å². The maximum Gasteiger partial charge on any atom is 0.158 e. The van der Waals surface area contributed by atoms with Crippen molar-refractivity contribution in [2.75, 3.05) is 24.7 Å². The van der Waals surface area contributed by atoms with E-state index in [2.05, 4.69) is 0 Å².